The number of piperidine rings is 1. The molecule has 3 unspecified atom stereocenters. The zero-order valence-electron chi connectivity index (χ0n) is 13.2. The van der Waals surface area contributed by atoms with Crippen molar-refractivity contribution < 1.29 is 9.59 Å². The van der Waals surface area contributed by atoms with Crippen molar-refractivity contribution in [3.8, 4) is 0 Å². The second-order valence-electron chi connectivity index (χ2n) is 6.40. The summed E-state index contributed by atoms with van der Waals surface area (Å²) in [6, 6.07) is -0.210. The molecule has 1 fully saturated rings. The van der Waals surface area contributed by atoms with Crippen LogP contribution < -0.4 is 11.1 Å². The lowest BCUT2D eigenvalue weighted by Gasteiger charge is -2.34. The normalized spacial score (nSPS) is 23.4. The van der Waals surface area contributed by atoms with Crippen molar-refractivity contribution in [1.82, 2.24) is 10.2 Å². The summed E-state index contributed by atoms with van der Waals surface area (Å²) >= 11 is 0. The fraction of sp³-hybridized carbons (Fsp3) is 0.867. The molecule has 3 atom stereocenters. The molecular formula is C15H29N3O2. The monoisotopic (exact) mass is 283 g/mol. The van der Waals surface area contributed by atoms with E-state index in [4.69, 9.17) is 5.73 Å². The lowest BCUT2D eigenvalue weighted by Crippen LogP contribution is -2.50. The summed E-state index contributed by atoms with van der Waals surface area (Å²) in [4.78, 5) is 25.7. The van der Waals surface area contributed by atoms with Gasteiger partial charge in [-0.3, -0.25) is 14.5 Å². The molecule has 5 heteroatoms. The second-order valence-corrected chi connectivity index (χ2v) is 6.40. The van der Waals surface area contributed by atoms with Gasteiger partial charge in [-0.1, -0.05) is 13.8 Å². The Bertz CT molecular complexity index is 342. The zero-order valence-corrected chi connectivity index (χ0v) is 13.2. The number of carbonyl (C=O) groups is 2. The van der Waals surface area contributed by atoms with Gasteiger partial charge in [0.05, 0.1) is 12.6 Å². The summed E-state index contributed by atoms with van der Waals surface area (Å²) in [7, 11) is 0. The average Bonchev–Trinajstić information content (AvgIpc) is 2.35. The van der Waals surface area contributed by atoms with E-state index in [1.807, 2.05) is 20.8 Å². The summed E-state index contributed by atoms with van der Waals surface area (Å²) in [6.45, 7) is 9.61. The molecule has 0 radical (unpaired) electrons. The molecule has 0 aromatic carbocycles. The Morgan fingerprint density at radius 2 is 2.00 bits per heavy atom. The SMILES string of the molecule is CC(=O)C(NC(=O)CN1CCCC(C(C)N)C1)C(C)C. The van der Waals surface area contributed by atoms with Crippen molar-refractivity contribution in [2.24, 2.45) is 17.6 Å². The Labute approximate surface area is 122 Å². The number of ketones is 1. The van der Waals surface area contributed by atoms with Crippen LogP contribution in [0.2, 0.25) is 0 Å². The fourth-order valence-corrected chi connectivity index (χ4v) is 2.82. The molecule has 1 saturated heterocycles. The van der Waals surface area contributed by atoms with E-state index in [-0.39, 0.29) is 29.7 Å². The van der Waals surface area contributed by atoms with Gasteiger partial charge in [0, 0.05) is 12.6 Å². The Kier molecular flexibility index (Phi) is 6.62. The molecule has 0 bridgehead atoms. The summed E-state index contributed by atoms with van der Waals surface area (Å²) in [5.41, 5.74) is 5.95. The zero-order chi connectivity index (χ0) is 15.3. The van der Waals surface area contributed by atoms with Crippen LogP contribution in [0.5, 0.6) is 0 Å². The number of hydrogen-bond donors (Lipinski definition) is 2. The maximum Gasteiger partial charge on any atom is 0.234 e. The van der Waals surface area contributed by atoms with Crippen LogP contribution in [0.4, 0.5) is 0 Å². The molecule has 20 heavy (non-hydrogen) atoms. The van der Waals surface area contributed by atoms with Crippen LogP contribution in [-0.2, 0) is 9.59 Å². The van der Waals surface area contributed by atoms with Gasteiger partial charge < -0.3 is 11.1 Å². The Hall–Kier alpha value is -0.940. The molecule has 1 heterocycles. The topological polar surface area (TPSA) is 75.4 Å². The summed E-state index contributed by atoms with van der Waals surface area (Å²) in [5.74, 6) is 0.532. The molecule has 1 amide bonds. The highest BCUT2D eigenvalue weighted by atomic mass is 16.2. The van der Waals surface area contributed by atoms with Gasteiger partial charge in [0.25, 0.3) is 0 Å². The number of nitrogens with one attached hydrogen (secondary N) is 1. The molecule has 116 valence electrons. The number of carbonyl (C=O) groups excluding carboxylic acids is 2. The molecule has 0 saturated carbocycles. The highest BCUT2D eigenvalue weighted by Gasteiger charge is 2.26. The number of rotatable bonds is 6. The highest BCUT2D eigenvalue weighted by Crippen LogP contribution is 2.18. The lowest BCUT2D eigenvalue weighted by molar-refractivity contribution is -0.128. The Morgan fingerprint density at radius 1 is 1.35 bits per heavy atom. The molecule has 1 rings (SSSR count). The van der Waals surface area contributed by atoms with Gasteiger partial charge >= 0.3 is 0 Å². The average molecular weight is 283 g/mol. The highest BCUT2D eigenvalue weighted by molar-refractivity contribution is 5.88. The third-order valence-electron chi connectivity index (χ3n) is 4.07. The van der Waals surface area contributed by atoms with Gasteiger partial charge in [-0.25, -0.2) is 0 Å². The minimum Gasteiger partial charge on any atom is -0.345 e. The van der Waals surface area contributed by atoms with E-state index in [1.54, 1.807) is 0 Å². The van der Waals surface area contributed by atoms with E-state index >= 15 is 0 Å². The number of likely N-dealkylation sites (tertiary alicyclic amines) is 1. The Balaban J connectivity index is 2.47. The first-order chi connectivity index (χ1) is 9.31. The molecule has 3 N–H and O–H groups in total. The Morgan fingerprint density at radius 3 is 2.50 bits per heavy atom. The van der Waals surface area contributed by atoms with Crippen molar-refractivity contribution in [3.05, 3.63) is 0 Å². The van der Waals surface area contributed by atoms with Crippen LogP contribution in [0.1, 0.15) is 40.5 Å². The summed E-state index contributed by atoms with van der Waals surface area (Å²) in [6.07, 6.45) is 2.22. The van der Waals surface area contributed by atoms with Crippen LogP contribution in [0, 0.1) is 11.8 Å². The first-order valence-electron chi connectivity index (χ1n) is 7.59. The minimum absolute atomic E-state index is 0.0143. The number of amides is 1. The molecule has 0 spiro atoms. The van der Waals surface area contributed by atoms with Crippen LogP contribution in [0.25, 0.3) is 0 Å². The van der Waals surface area contributed by atoms with Gasteiger partial charge in [0.1, 0.15) is 0 Å². The van der Waals surface area contributed by atoms with Gasteiger partial charge in [0.15, 0.2) is 5.78 Å². The largest absolute Gasteiger partial charge is 0.345 e. The van der Waals surface area contributed by atoms with Gasteiger partial charge in [0.2, 0.25) is 5.91 Å². The number of hydrogen-bond acceptors (Lipinski definition) is 4. The van der Waals surface area contributed by atoms with Crippen molar-refractivity contribution >= 4 is 11.7 Å². The minimum atomic E-state index is -0.378. The van der Waals surface area contributed by atoms with Crippen molar-refractivity contribution in [3.63, 3.8) is 0 Å². The molecule has 5 nitrogen and oxygen atoms in total. The molecule has 0 aliphatic carbocycles. The maximum absolute atomic E-state index is 12.1. The molecule has 1 aliphatic rings. The standard InChI is InChI=1S/C15H29N3O2/c1-10(2)15(12(4)19)17-14(20)9-18-7-5-6-13(8-18)11(3)16/h10-11,13,15H,5-9,16H2,1-4H3,(H,17,20). The predicted octanol–water partition coefficient (Wildman–Crippen LogP) is 0.775. The second kappa shape index (κ2) is 7.74. The van der Waals surface area contributed by atoms with E-state index in [0.717, 1.165) is 25.9 Å². The van der Waals surface area contributed by atoms with Crippen LogP contribution in [0.3, 0.4) is 0 Å². The summed E-state index contributed by atoms with van der Waals surface area (Å²) < 4.78 is 0. The van der Waals surface area contributed by atoms with E-state index in [2.05, 4.69) is 10.2 Å². The van der Waals surface area contributed by atoms with Crippen LogP contribution >= 0.6 is 0 Å². The number of Topliss-reactive ketones (excluding diaryl/α,β-unsaturated/α-hetero) is 1. The number of nitrogens with two attached hydrogens (primary N) is 1. The molecular weight excluding hydrogens is 254 g/mol. The predicted molar refractivity (Wildman–Crippen MR) is 80.3 cm³/mol. The third kappa shape index (κ3) is 5.21. The van der Waals surface area contributed by atoms with Gasteiger partial charge in [-0.15, -0.1) is 0 Å². The number of nitrogens with zero attached hydrogens (tertiary/aromatic N) is 1. The fourth-order valence-electron chi connectivity index (χ4n) is 2.82. The quantitative estimate of drug-likeness (QED) is 0.755. The van der Waals surface area contributed by atoms with E-state index in [1.165, 1.54) is 6.92 Å². The first kappa shape index (κ1) is 17.1. The third-order valence-corrected chi connectivity index (χ3v) is 4.07. The molecule has 0 aromatic rings. The summed E-state index contributed by atoms with van der Waals surface area (Å²) in [5, 5.41) is 2.85. The maximum atomic E-state index is 12.1. The first-order valence-corrected chi connectivity index (χ1v) is 7.59. The van der Waals surface area contributed by atoms with E-state index < -0.39 is 0 Å². The van der Waals surface area contributed by atoms with E-state index in [0.29, 0.717) is 12.5 Å². The lowest BCUT2D eigenvalue weighted by atomic mass is 9.92. The van der Waals surface area contributed by atoms with Crippen molar-refractivity contribution in [2.75, 3.05) is 19.6 Å². The molecule has 1 aliphatic heterocycles. The van der Waals surface area contributed by atoms with Crippen LogP contribution in [-0.4, -0.2) is 48.3 Å². The van der Waals surface area contributed by atoms with Crippen LogP contribution in [0.15, 0.2) is 0 Å². The van der Waals surface area contributed by atoms with Crippen molar-refractivity contribution in [1.29, 1.82) is 0 Å². The van der Waals surface area contributed by atoms with Gasteiger partial charge in [-0.05, 0) is 45.1 Å². The van der Waals surface area contributed by atoms with E-state index in [9.17, 15) is 9.59 Å². The molecule has 0 aromatic heterocycles. The van der Waals surface area contributed by atoms with Crippen molar-refractivity contribution in [2.45, 2.75) is 52.6 Å². The smallest absolute Gasteiger partial charge is 0.234 e. The van der Waals surface area contributed by atoms with Gasteiger partial charge in [-0.2, -0.15) is 0 Å².